The lowest BCUT2D eigenvalue weighted by atomic mass is 10.1. The quantitative estimate of drug-likeness (QED) is 0.616. The van der Waals surface area contributed by atoms with Crippen LogP contribution in [0, 0.1) is 6.92 Å². The van der Waals surface area contributed by atoms with Crippen molar-refractivity contribution in [3.8, 4) is 11.5 Å². The van der Waals surface area contributed by atoms with Gasteiger partial charge >= 0.3 is 0 Å². The van der Waals surface area contributed by atoms with Crippen molar-refractivity contribution in [3.63, 3.8) is 0 Å². The Kier molecular flexibility index (Phi) is 6.06. The third-order valence-corrected chi connectivity index (χ3v) is 4.04. The number of rotatable bonds is 5. The van der Waals surface area contributed by atoms with Gasteiger partial charge in [-0.3, -0.25) is 4.79 Å². The molecule has 0 radical (unpaired) electrons. The number of phenols is 1. The molecule has 126 valence electrons. The summed E-state index contributed by atoms with van der Waals surface area (Å²) in [5.74, 6) is -0.370. The lowest BCUT2D eigenvalue weighted by Crippen LogP contribution is -2.18. The Morgan fingerprint density at radius 1 is 1.38 bits per heavy atom. The molecular weight excluding hydrogens is 351 g/mol. The number of nitrogens with one attached hydrogen (secondary N) is 1. The highest BCUT2D eigenvalue weighted by atomic mass is 35.5. The van der Waals surface area contributed by atoms with Gasteiger partial charge in [-0.05, 0) is 25.5 Å². The van der Waals surface area contributed by atoms with Crippen LogP contribution >= 0.6 is 23.2 Å². The molecule has 2 N–H and O–H groups in total. The molecule has 1 amide bonds. The molecule has 0 aromatic heterocycles. The van der Waals surface area contributed by atoms with Crippen LogP contribution in [0.25, 0.3) is 0 Å². The normalized spacial score (nSPS) is 10.8. The summed E-state index contributed by atoms with van der Waals surface area (Å²) in [5.41, 5.74) is 3.89. The Labute approximate surface area is 149 Å². The summed E-state index contributed by atoms with van der Waals surface area (Å²) in [6.45, 7) is 3.96. The summed E-state index contributed by atoms with van der Waals surface area (Å²) in [6, 6.07) is 8.55. The molecule has 2 rings (SSSR count). The highest BCUT2D eigenvalue weighted by molar-refractivity contribution is 6.43. The Balaban J connectivity index is 2.23. The third-order valence-electron chi connectivity index (χ3n) is 3.24. The lowest BCUT2D eigenvalue weighted by molar-refractivity contribution is 0.0954. The van der Waals surface area contributed by atoms with Gasteiger partial charge in [0, 0.05) is 11.6 Å². The van der Waals surface area contributed by atoms with Gasteiger partial charge in [0.2, 0.25) is 0 Å². The molecule has 2 aromatic rings. The largest absolute Gasteiger partial charge is 0.504 e. The molecule has 0 aliphatic carbocycles. The standard InChI is InChI=1S/C17H16Cl2N2O3/c1-3-24-14-8-13(18)15(19)12(16(14)22)9-20-21-17(23)11-7-5-4-6-10(11)2/h4-9,22H,3H2,1-2H3,(H,21,23)/b20-9+. The van der Waals surface area contributed by atoms with Crippen molar-refractivity contribution in [1.82, 2.24) is 5.43 Å². The van der Waals surface area contributed by atoms with Crippen LogP contribution in [0.2, 0.25) is 10.0 Å². The van der Waals surface area contributed by atoms with Gasteiger partial charge in [-0.15, -0.1) is 0 Å². The van der Waals surface area contributed by atoms with Gasteiger partial charge in [0.15, 0.2) is 11.5 Å². The molecule has 0 aliphatic rings. The van der Waals surface area contributed by atoms with Crippen molar-refractivity contribution in [3.05, 3.63) is 57.1 Å². The van der Waals surface area contributed by atoms with Gasteiger partial charge in [-0.1, -0.05) is 41.4 Å². The fourth-order valence-corrected chi connectivity index (χ4v) is 2.43. The number of ether oxygens (including phenoxy) is 1. The first-order valence-corrected chi connectivity index (χ1v) is 7.94. The van der Waals surface area contributed by atoms with E-state index in [2.05, 4.69) is 10.5 Å². The fraction of sp³-hybridized carbons (Fsp3) is 0.176. The minimum atomic E-state index is -0.368. The summed E-state index contributed by atoms with van der Waals surface area (Å²) in [6.07, 6.45) is 1.22. The van der Waals surface area contributed by atoms with Crippen LogP contribution in [0.5, 0.6) is 11.5 Å². The van der Waals surface area contributed by atoms with Crippen LogP contribution < -0.4 is 10.2 Å². The molecule has 0 aliphatic heterocycles. The predicted octanol–water partition coefficient (Wildman–Crippen LogP) is 4.17. The number of aryl methyl sites for hydroxylation is 1. The highest BCUT2D eigenvalue weighted by Crippen LogP contribution is 2.39. The van der Waals surface area contributed by atoms with Crippen molar-refractivity contribution in [2.45, 2.75) is 13.8 Å². The number of carbonyl (C=O) groups excluding carboxylic acids is 1. The van der Waals surface area contributed by atoms with Gasteiger partial charge in [-0.2, -0.15) is 5.10 Å². The van der Waals surface area contributed by atoms with E-state index in [1.807, 2.05) is 19.1 Å². The zero-order chi connectivity index (χ0) is 17.7. The predicted molar refractivity (Wildman–Crippen MR) is 95.5 cm³/mol. The Morgan fingerprint density at radius 3 is 2.75 bits per heavy atom. The number of halogens is 2. The zero-order valence-corrected chi connectivity index (χ0v) is 14.6. The molecule has 0 saturated carbocycles. The number of hydrazone groups is 1. The molecule has 5 nitrogen and oxygen atoms in total. The summed E-state index contributed by atoms with van der Waals surface area (Å²) in [7, 11) is 0. The molecule has 0 saturated heterocycles. The van der Waals surface area contributed by atoms with E-state index in [0.29, 0.717) is 12.2 Å². The van der Waals surface area contributed by atoms with E-state index < -0.39 is 0 Å². The van der Waals surface area contributed by atoms with Gasteiger partial charge in [0.05, 0.1) is 28.4 Å². The fourth-order valence-electron chi connectivity index (χ4n) is 2.04. The number of nitrogens with zero attached hydrogens (tertiary/aromatic N) is 1. The lowest BCUT2D eigenvalue weighted by Gasteiger charge is -2.10. The second-order valence-corrected chi connectivity index (χ2v) is 5.67. The van der Waals surface area contributed by atoms with Crippen molar-refractivity contribution >= 4 is 35.3 Å². The Hall–Kier alpha value is -2.24. The van der Waals surface area contributed by atoms with Crippen LogP contribution in [0.1, 0.15) is 28.4 Å². The van der Waals surface area contributed by atoms with Crippen molar-refractivity contribution < 1.29 is 14.6 Å². The molecule has 0 atom stereocenters. The number of phenolic OH excluding ortho intramolecular Hbond substituents is 1. The summed E-state index contributed by atoms with van der Waals surface area (Å²) < 4.78 is 5.28. The van der Waals surface area contributed by atoms with Crippen molar-refractivity contribution in [1.29, 1.82) is 0 Å². The molecule has 0 unspecified atom stereocenters. The van der Waals surface area contributed by atoms with Gasteiger partial charge in [-0.25, -0.2) is 5.43 Å². The third kappa shape index (κ3) is 3.99. The molecule has 0 heterocycles. The molecule has 24 heavy (non-hydrogen) atoms. The van der Waals surface area contributed by atoms with Crippen LogP contribution in [0.4, 0.5) is 0 Å². The summed E-state index contributed by atoms with van der Waals surface area (Å²) in [4.78, 5) is 12.1. The van der Waals surface area contributed by atoms with E-state index in [9.17, 15) is 9.90 Å². The van der Waals surface area contributed by atoms with E-state index in [4.69, 9.17) is 27.9 Å². The van der Waals surface area contributed by atoms with Gasteiger partial charge < -0.3 is 9.84 Å². The first-order chi connectivity index (χ1) is 11.5. The number of benzene rings is 2. The van der Waals surface area contributed by atoms with Crippen molar-refractivity contribution in [2.24, 2.45) is 5.10 Å². The zero-order valence-electron chi connectivity index (χ0n) is 13.1. The highest BCUT2D eigenvalue weighted by Gasteiger charge is 2.15. The average molecular weight is 367 g/mol. The first-order valence-electron chi connectivity index (χ1n) is 7.18. The number of hydrogen-bond acceptors (Lipinski definition) is 4. The van der Waals surface area contributed by atoms with Gasteiger partial charge in [0.25, 0.3) is 5.91 Å². The molecule has 0 spiro atoms. The molecular formula is C17H16Cl2N2O3. The number of hydrogen-bond donors (Lipinski definition) is 2. The maximum atomic E-state index is 12.1. The topological polar surface area (TPSA) is 70.9 Å². The van der Waals surface area contributed by atoms with E-state index in [1.165, 1.54) is 12.3 Å². The number of aromatic hydroxyl groups is 1. The molecule has 7 heteroatoms. The Bertz CT molecular complexity index is 792. The minimum absolute atomic E-state index is 0.117. The van der Waals surface area contributed by atoms with Crippen LogP contribution in [-0.2, 0) is 0 Å². The van der Waals surface area contributed by atoms with E-state index in [0.717, 1.165) is 5.56 Å². The number of amides is 1. The average Bonchev–Trinajstić information content (AvgIpc) is 2.56. The first kappa shape index (κ1) is 18.1. The maximum Gasteiger partial charge on any atom is 0.271 e. The van der Waals surface area contributed by atoms with E-state index in [-0.39, 0.29) is 33.0 Å². The second-order valence-electron chi connectivity index (χ2n) is 4.88. The number of carbonyl (C=O) groups is 1. The summed E-state index contributed by atoms with van der Waals surface area (Å²) >= 11 is 12.1. The minimum Gasteiger partial charge on any atom is -0.504 e. The monoisotopic (exact) mass is 366 g/mol. The van der Waals surface area contributed by atoms with Gasteiger partial charge in [0.1, 0.15) is 0 Å². The van der Waals surface area contributed by atoms with E-state index in [1.54, 1.807) is 19.1 Å². The SMILES string of the molecule is CCOc1cc(Cl)c(Cl)c(/C=N/NC(=O)c2ccccc2C)c1O. The molecule has 2 aromatic carbocycles. The second kappa shape index (κ2) is 8.04. The Morgan fingerprint density at radius 2 is 2.08 bits per heavy atom. The maximum absolute atomic E-state index is 12.1. The summed E-state index contributed by atoms with van der Waals surface area (Å²) in [5, 5.41) is 14.3. The smallest absolute Gasteiger partial charge is 0.271 e. The van der Waals surface area contributed by atoms with Crippen LogP contribution in [0.15, 0.2) is 35.4 Å². The molecule has 0 bridgehead atoms. The molecule has 0 fully saturated rings. The van der Waals surface area contributed by atoms with Crippen LogP contribution in [-0.4, -0.2) is 23.8 Å². The van der Waals surface area contributed by atoms with Crippen LogP contribution in [0.3, 0.4) is 0 Å². The van der Waals surface area contributed by atoms with E-state index >= 15 is 0 Å². The van der Waals surface area contributed by atoms with Crippen molar-refractivity contribution in [2.75, 3.05) is 6.61 Å².